The van der Waals surface area contributed by atoms with E-state index in [0.717, 1.165) is 16.8 Å². The van der Waals surface area contributed by atoms with Crippen molar-refractivity contribution in [2.75, 3.05) is 12.4 Å². The van der Waals surface area contributed by atoms with Crippen LogP contribution < -0.4 is 5.32 Å². The average molecular weight is 324 g/mol. The van der Waals surface area contributed by atoms with Gasteiger partial charge in [0.2, 0.25) is 0 Å². The number of rotatable bonds is 4. The molecular formula is C16H15Cl2NO2. The number of hydrogen-bond acceptors (Lipinski definition) is 3. The molecule has 0 aromatic heterocycles. The van der Waals surface area contributed by atoms with Crippen LogP contribution in [0.25, 0.3) is 0 Å². The van der Waals surface area contributed by atoms with Crippen LogP contribution in [0.5, 0.6) is 0 Å². The van der Waals surface area contributed by atoms with E-state index in [0.29, 0.717) is 22.2 Å². The first-order valence-corrected chi connectivity index (χ1v) is 7.14. The zero-order valence-corrected chi connectivity index (χ0v) is 13.3. The minimum Gasteiger partial charge on any atom is -0.465 e. The van der Waals surface area contributed by atoms with Gasteiger partial charge in [-0.3, -0.25) is 0 Å². The molecule has 0 radical (unpaired) electrons. The maximum Gasteiger partial charge on any atom is 0.338 e. The first-order valence-electron chi connectivity index (χ1n) is 6.38. The van der Waals surface area contributed by atoms with Gasteiger partial charge < -0.3 is 10.1 Å². The largest absolute Gasteiger partial charge is 0.465 e. The number of hydrogen-bond donors (Lipinski definition) is 1. The Bertz CT molecular complexity index is 671. The van der Waals surface area contributed by atoms with Crippen LogP contribution >= 0.6 is 23.2 Å². The fourth-order valence-corrected chi connectivity index (χ4v) is 2.41. The second-order valence-electron chi connectivity index (χ2n) is 4.56. The Kier molecular flexibility index (Phi) is 5.10. The summed E-state index contributed by atoms with van der Waals surface area (Å²) >= 11 is 12.1. The summed E-state index contributed by atoms with van der Waals surface area (Å²) in [5, 5.41) is 4.55. The minimum absolute atomic E-state index is 0.350. The van der Waals surface area contributed by atoms with Gasteiger partial charge in [0, 0.05) is 22.3 Å². The van der Waals surface area contributed by atoms with E-state index >= 15 is 0 Å². The van der Waals surface area contributed by atoms with Crippen LogP contribution in [0.1, 0.15) is 21.5 Å². The molecule has 0 spiro atoms. The summed E-state index contributed by atoms with van der Waals surface area (Å²) in [6.07, 6.45) is 0. The number of carbonyl (C=O) groups excluding carboxylic acids is 1. The smallest absolute Gasteiger partial charge is 0.338 e. The van der Waals surface area contributed by atoms with E-state index in [1.807, 2.05) is 19.1 Å². The summed E-state index contributed by atoms with van der Waals surface area (Å²) in [4.78, 5) is 11.7. The van der Waals surface area contributed by atoms with E-state index in [9.17, 15) is 4.79 Å². The lowest BCUT2D eigenvalue weighted by molar-refractivity contribution is 0.0600. The van der Waals surface area contributed by atoms with E-state index in [1.165, 1.54) is 7.11 Å². The lowest BCUT2D eigenvalue weighted by Crippen LogP contribution is -2.07. The first kappa shape index (κ1) is 15.7. The van der Waals surface area contributed by atoms with Gasteiger partial charge in [-0.25, -0.2) is 4.79 Å². The zero-order chi connectivity index (χ0) is 15.4. The molecule has 110 valence electrons. The average Bonchev–Trinajstić information content (AvgIpc) is 2.48. The predicted molar refractivity (Wildman–Crippen MR) is 86.3 cm³/mol. The summed E-state index contributed by atoms with van der Waals surface area (Å²) in [5.74, 6) is -0.350. The van der Waals surface area contributed by atoms with E-state index in [1.54, 1.807) is 24.3 Å². The normalized spacial score (nSPS) is 10.3. The molecule has 0 atom stereocenters. The maximum atomic E-state index is 11.7. The highest BCUT2D eigenvalue weighted by Crippen LogP contribution is 2.24. The van der Waals surface area contributed by atoms with E-state index < -0.39 is 0 Å². The number of methoxy groups -OCH3 is 1. The minimum atomic E-state index is -0.350. The molecule has 0 aliphatic carbocycles. The number of benzene rings is 2. The van der Waals surface area contributed by atoms with E-state index in [4.69, 9.17) is 27.9 Å². The fraction of sp³-hybridized carbons (Fsp3) is 0.188. The highest BCUT2D eigenvalue weighted by Gasteiger charge is 2.11. The highest BCUT2D eigenvalue weighted by molar-refractivity contribution is 6.33. The van der Waals surface area contributed by atoms with Gasteiger partial charge in [0.05, 0.1) is 12.7 Å². The van der Waals surface area contributed by atoms with Crippen molar-refractivity contribution in [2.45, 2.75) is 13.5 Å². The van der Waals surface area contributed by atoms with Gasteiger partial charge in [0.15, 0.2) is 0 Å². The van der Waals surface area contributed by atoms with Crippen LogP contribution in [-0.4, -0.2) is 13.1 Å². The molecule has 0 unspecified atom stereocenters. The SMILES string of the molecule is COC(=O)c1cccc(NCc2cc(Cl)ccc2Cl)c1C. The van der Waals surface area contributed by atoms with Crippen molar-refractivity contribution in [1.82, 2.24) is 0 Å². The van der Waals surface area contributed by atoms with Crippen LogP contribution in [0.15, 0.2) is 36.4 Å². The standard InChI is InChI=1S/C16H15Cl2NO2/c1-10-13(16(20)21-2)4-3-5-15(10)19-9-11-8-12(17)6-7-14(11)18/h3-8,19H,9H2,1-2H3. The quantitative estimate of drug-likeness (QED) is 0.829. The number of nitrogens with one attached hydrogen (secondary N) is 1. The van der Waals surface area contributed by atoms with Crippen molar-refractivity contribution in [2.24, 2.45) is 0 Å². The summed E-state index contributed by atoms with van der Waals surface area (Å²) in [5.41, 5.74) is 3.13. The molecule has 2 aromatic rings. The molecule has 0 bridgehead atoms. The Balaban J connectivity index is 2.21. The third kappa shape index (κ3) is 3.69. The van der Waals surface area contributed by atoms with Crippen LogP contribution in [0, 0.1) is 6.92 Å². The van der Waals surface area contributed by atoms with Gasteiger partial charge in [-0.15, -0.1) is 0 Å². The van der Waals surface area contributed by atoms with E-state index in [2.05, 4.69) is 5.32 Å². The van der Waals surface area contributed by atoms with Crippen LogP contribution in [0.4, 0.5) is 5.69 Å². The second-order valence-corrected chi connectivity index (χ2v) is 5.40. The summed E-state index contributed by atoms with van der Waals surface area (Å²) in [6.45, 7) is 2.39. The van der Waals surface area contributed by atoms with Crippen molar-refractivity contribution < 1.29 is 9.53 Å². The molecule has 2 aromatic carbocycles. The Morgan fingerprint density at radius 3 is 2.71 bits per heavy atom. The summed E-state index contributed by atoms with van der Waals surface area (Å²) < 4.78 is 4.76. The predicted octanol–water partition coefficient (Wildman–Crippen LogP) is 4.70. The molecule has 0 amide bonds. The van der Waals surface area contributed by atoms with Gasteiger partial charge in [-0.2, -0.15) is 0 Å². The second kappa shape index (κ2) is 6.83. The number of carbonyl (C=O) groups is 1. The number of ether oxygens (including phenoxy) is 1. The Morgan fingerprint density at radius 2 is 2.00 bits per heavy atom. The molecule has 5 heteroatoms. The lowest BCUT2D eigenvalue weighted by atomic mass is 10.1. The van der Waals surface area contributed by atoms with Crippen molar-refractivity contribution in [3.63, 3.8) is 0 Å². The van der Waals surface area contributed by atoms with Gasteiger partial charge in [0.1, 0.15) is 0 Å². The van der Waals surface area contributed by atoms with Crippen LogP contribution in [0.2, 0.25) is 10.0 Å². The fourth-order valence-electron chi connectivity index (χ4n) is 2.03. The number of esters is 1. The Labute approximate surface area is 133 Å². The molecule has 0 saturated heterocycles. The van der Waals surface area contributed by atoms with Crippen molar-refractivity contribution in [3.8, 4) is 0 Å². The molecule has 3 nitrogen and oxygen atoms in total. The molecule has 21 heavy (non-hydrogen) atoms. The third-order valence-corrected chi connectivity index (χ3v) is 3.82. The Morgan fingerprint density at radius 1 is 1.24 bits per heavy atom. The van der Waals surface area contributed by atoms with Gasteiger partial charge in [-0.1, -0.05) is 29.3 Å². The Hall–Kier alpha value is -1.71. The molecule has 0 aliphatic heterocycles. The highest BCUT2D eigenvalue weighted by atomic mass is 35.5. The topological polar surface area (TPSA) is 38.3 Å². The molecule has 0 saturated carbocycles. The summed E-state index contributed by atoms with van der Waals surface area (Å²) in [7, 11) is 1.37. The van der Waals surface area contributed by atoms with Crippen molar-refractivity contribution in [1.29, 1.82) is 0 Å². The molecule has 0 fully saturated rings. The van der Waals surface area contributed by atoms with Crippen LogP contribution in [-0.2, 0) is 11.3 Å². The van der Waals surface area contributed by atoms with Gasteiger partial charge in [-0.05, 0) is 48.4 Å². The zero-order valence-electron chi connectivity index (χ0n) is 11.7. The summed E-state index contributed by atoms with van der Waals surface area (Å²) in [6, 6.07) is 10.8. The first-order chi connectivity index (χ1) is 10.0. The van der Waals surface area contributed by atoms with Gasteiger partial charge >= 0.3 is 5.97 Å². The number of halogens is 2. The van der Waals surface area contributed by atoms with Gasteiger partial charge in [0.25, 0.3) is 0 Å². The third-order valence-electron chi connectivity index (χ3n) is 3.22. The molecular weight excluding hydrogens is 309 g/mol. The van der Waals surface area contributed by atoms with Crippen LogP contribution in [0.3, 0.4) is 0 Å². The molecule has 2 rings (SSSR count). The molecule has 0 heterocycles. The maximum absolute atomic E-state index is 11.7. The van der Waals surface area contributed by atoms with Crippen molar-refractivity contribution >= 4 is 34.9 Å². The van der Waals surface area contributed by atoms with Crippen molar-refractivity contribution in [3.05, 3.63) is 63.1 Å². The lowest BCUT2D eigenvalue weighted by Gasteiger charge is -2.13. The number of anilines is 1. The monoisotopic (exact) mass is 323 g/mol. The van der Waals surface area contributed by atoms with E-state index in [-0.39, 0.29) is 5.97 Å². The molecule has 0 aliphatic rings. The molecule has 1 N–H and O–H groups in total.